The molecule has 0 aromatic heterocycles. The molecule has 2 aliphatic heterocycles. The Bertz CT molecular complexity index is 616. The Hall–Kier alpha value is -1.42. The molecule has 0 atom stereocenters. The molecular formula is C19H25FN2O. The van der Waals surface area contributed by atoms with Crippen molar-refractivity contribution in [2.45, 2.75) is 43.9 Å². The summed E-state index contributed by atoms with van der Waals surface area (Å²) in [6.45, 7) is 2.78. The number of rotatable bonds is 1. The van der Waals surface area contributed by atoms with Crippen LogP contribution in [0.15, 0.2) is 18.2 Å². The Labute approximate surface area is 137 Å². The molecule has 1 spiro atoms. The lowest BCUT2D eigenvalue weighted by Gasteiger charge is -2.38. The summed E-state index contributed by atoms with van der Waals surface area (Å²) >= 11 is 0. The number of piperidine rings is 1. The molecule has 4 rings (SSSR count). The standard InChI is InChI=1S/C19H25FN2O/c1-21-10-8-19(9-11-21)13-22(18(23)14-4-2-3-5-14)17-7-6-15(20)12-16(17)19/h6-7,12,14H,2-5,8-11,13H2,1H3. The van der Waals surface area contributed by atoms with Gasteiger partial charge in [-0.05, 0) is 69.6 Å². The first-order valence-electron chi connectivity index (χ1n) is 8.89. The maximum absolute atomic E-state index is 13.9. The first-order chi connectivity index (χ1) is 11.1. The zero-order valence-electron chi connectivity index (χ0n) is 13.9. The highest BCUT2D eigenvalue weighted by atomic mass is 19.1. The average Bonchev–Trinajstić information content (AvgIpc) is 3.18. The van der Waals surface area contributed by atoms with Gasteiger partial charge in [-0.2, -0.15) is 0 Å². The summed E-state index contributed by atoms with van der Waals surface area (Å²) in [6.07, 6.45) is 6.37. The second kappa shape index (κ2) is 5.59. The lowest BCUT2D eigenvalue weighted by Crippen LogP contribution is -2.45. The van der Waals surface area contributed by atoms with Gasteiger partial charge in [0.25, 0.3) is 0 Å². The summed E-state index contributed by atoms with van der Waals surface area (Å²) in [5.74, 6) is 0.262. The summed E-state index contributed by atoms with van der Waals surface area (Å²) in [6, 6.07) is 5.01. The fraction of sp³-hybridized carbons (Fsp3) is 0.632. The van der Waals surface area contributed by atoms with Gasteiger partial charge in [0.15, 0.2) is 0 Å². The van der Waals surface area contributed by atoms with E-state index in [9.17, 15) is 9.18 Å². The third-order valence-electron chi connectivity index (χ3n) is 6.20. The van der Waals surface area contributed by atoms with Crippen LogP contribution in [-0.4, -0.2) is 37.5 Å². The van der Waals surface area contributed by atoms with Gasteiger partial charge in [-0.3, -0.25) is 4.79 Å². The van der Waals surface area contributed by atoms with E-state index in [1.54, 1.807) is 6.07 Å². The van der Waals surface area contributed by atoms with Crippen LogP contribution < -0.4 is 4.90 Å². The lowest BCUT2D eigenvalue weighted by molar-refractivity contribution is -0.122. The zero-order valence-corrected chi connectivity index (χ0v) is 13.9. The molecule has 3 aliphatic rings. The van der Waals surface area contributed by atoms with Crippen molar-refractivity contribution in [3.8, 4) is 0 Å². The fourth-order valence-electron chi connectivity index (χ4n) is 4.71. The molecule has 0 unspecified atom stereocenters. The van der Waals surface area contributed by atoms with Crippen molar-refractivity contribution in [1.82, 2.24) is 4.90 Å². The molecule has 3 nitrogen and oxygen atoms in total. The molecule has 1 saturated carbocycles. The Kier molecular flexibility index (Phi) is 3.67. The van der Waals surface area contributed by atoms with E-state index in [0.29, 0.717) is 0 Å². The molecule has 1 aliphatic carbocycles. The molecule has 4 heteroatoms. The van der Waals surface area contributed by atoms with Crippen molar-refractivity contribution in [3.05, 3.63) is 29.6 Å². The van der Waals surface area contributed by atoms with Crippen LogP contribution >= 0.6 is 0 Å². The minimum Gasteiger partial charge on any atom is -0.311 e. The minimum atomic E-state index is -0.183. The molecule has 2 fully saturated rings. The van der Waals surface area contributed by atoms with E-state index < -0.39 is 0 Å². The van der Waals surface area contributed by atoms with Gasteiger partial charge in [-0.25, -0.2) is 4.39 Å². The van der Waals surface area contributed by atoms with Crippen LogP contribution in [0.2, 0.25) is 0 Å². The van der Waals surface area contributed by atoms with E-state index in [-0.39, 0.29) is 23.1 Å². The van der Waals surface area contributed by atoms with E-state index in [1.807, 2.05) is 11.0 Å². The third kappa shape index (κ3) is 2.47. The first-order valence-corrected chi connectivity index (χ1v) is 8.89. The lowest BCUT2D eigenvalue weighted by atomic mass is 9.74. The summed E-state index contributed by atoms with van der Waals surface area (Å²) in [7, 11) is 2.13. The average molecular weight is 316 g/mol. The number of hydrogen-bond acceptors (Lipinski definition) is 2. The van der Waals surface area contributed by atoms with Crippen molar-refractivity contribution in [2.75, 3.05) is 31.6 Å². The Balaban J connectivity index is 1.70. The third-order valence-corrected chi connectivity index (χ3v) is 6.20. The maximum atomic E-state index is 13.9. The van der Waals surface area contributed by atoms with Crippen LogP contribution in [0.5, 0.6) is 0 Å². The van der Waals surface area contributed by atoms with E-state index in [1.165, 1.54) is 6.07 Å². The quantitative estimate of drug-likeness (QED) is 0.793. The van der Waals surface area contributed by atoms with Crippen molar-refractivity contribution in [2.24, 2.45) is 5.92 Å². The van der Waals surface area contributed by atoms with Crippen LogP contribution in [-0.2, 0) is 10.2 Å². The monoisotopic (exact) mass is 316 g/mol. The summed E-state index contributed by atoms with van der Waals surface area (Å²) in [5, 5.41) is 0. The SMILES string of the molecule is CN1CCC2(CC1)CN(C(=O)C1CCCC1)c1ccc(F)cc12. The van der Waals surface area contributed by atoms with Crippen molar-refractivity contribution >= 4 is 11.6 Å². The van der Waals surface area contributed by atoms with Gasteiger partial charge < -0.3 is 9.80 Å². The normalized spacial score (nSPS) is 24.3. The Morgan fingerprint density at radius 3 is 2.61 bits per heavy atom. The number of nitrogens with zero attached hydrogens (tertiary/aromatic N) is 2. The van der Waals surface area contributed by atoms with Gasteiger partial charge in [-0.1, -0.05) is 12.8 Å². The van der Waals surface area contributed by atoms with E-state index in [0.717, 1.165) is 69.4 Å². The van der Waals surface area contributed by atoms with Crippen LogP contribution in [0.1, 0.15) is 44.1 Å². The number of benzene rings is 1. The molecule has 1 amide bonds. The zero-order chi connectivity index (χ0) is 16.0. The van der Waals surface area contributed by atoms with E-state index in [4.69, 9.17) is 0 Å². The van der Waals surface area contributed by atoms with Gasteiger partial charge in [0.05, 0.1) is 0 Å². The molecule has 124 valence electrons. The van der Waals surface area contributed by atoms with Gasteiger partial charge in [0.2, 0.25) is 5.91 Å². The van der Waals surface area contributed by atoms with Crippen molar-refractivity contribution in [1.29, 1.82) is 0 Å². The van der Waals surface area contributed by atoms with Crippen LogP contribution in [0, 0.1) is 11.7 Å². The van der Waals surface area contributed by atoms with E-state index in [2.05, 4.69) is 11.9 Å². The predicted octanol–water partition coefficient (Wildman–Crippen LogP) is 3.33. The van der Waals surface area contributed by atoms with Gasteiger partial charge in [0.1, 0.15) is 5.82 Å². The summed E-state index contributed by atoms with van der Waals surface area (Å²) in [5.41, 5.74) is 1.99. The van der Waals surface area contributed by atoms with Gasteiger partial charge >= 0.3 is 0 Å². The molecule has 0 bridgehead atoms. The summed E-state index contributed by atoms with van der Waals surface area (Å²) < 4.78 is 13.9. The number of likely N-dealkylation sites (tertiary alicyclic amines) is 1. The van der Waals surface area contributed by atoms with Crippen LogP contribution in [0.3, 0.4) is 0 Å². The number of hydrogen-bond donors (Lipinski definition) is 0. The number of carbonyl (C=O) groups excluding carboxylic acids is 1. The fourth-order valence-corrected chi connectivity index (χ4v) is 4.71. The Morgan fingerprint density at radius 1 is 1.22 bits per heavy atom. The molecule has 2 heterocycles. The summed E-state index contributed by atoms with van der Waals surface area (Å²) in [4.78, 5) is 17.3. The highest BCUT2D eigenvalue weighted by Gasteiger charge is 2.47. The Morgan fingerprint density at radius 2 is 1.91 bits per heavy atom. The van der Waals surface area contributed by atoms with Gasteiger partial charge in [-0.15, -0.1) is 0 Å². The van der Waals surface area contributed by atoms with Gasteiger partial charge in [0, 0.05) is 23.6 Å². The van der Waals surface area contributed by atoms with Crippen LogP contribution in [0.4, 0.5) is 10.1 Å². The minimum absolute atomic E-state index is 0.0434. The smallest absolute Gasteiger partial charge is 0.230 e. The maximum Gasteiger partial charge on any atom is 0.230 e. The molecule has 1 aromatic carbocycles. The van der Waals surface area contributed by atoms with Crippen molar-refractivity contribution < 1.29 is 9.18 Å². The highest BCUT2D eigenvalue weighted by Crippen LogP contribution is 2.48. The van der Waals surface area contributed by atoms with E-state index >= 15 is 0 Å². The van der Waals surface area contributed by atoms with Crippen LogP contribution in [0.25, 0.3) is 0 Å². The first kappa shape index (κ1) is 15.1. The number of halogens is 1. The second-order valence-corrected chi connectivity index (χ2v) is 7.65. The number of carbonyl (C=O) groups is 1. The number of anilines is 1. The van der Waals surface area contributed by atoms with Crippen molar-refractivity contribution in [3.63, 3.8) is 0 Å². The number of amides is 1. The molecular weight excluding hydrogens is 291 g/mol. The molecule has 23 heavy (non-hydrogen) atoms. The molecule has 1 saturated heterocycles. The number of fused-ring (bicyclic) bond motifs is 2. The second-order valence-electron chi connectivity index (χ2n) is 7.65. The molecule has 0 N–H and O–H groups in total. The topological polar surface area (TPSA) is 23.6 Å². The highest BCUT2D eigenvalue weighted by molar-refractivity contribution is 5.98. The molecule has 1 aromatic rings. The molecule has 0 radical (unpaired) electrons. The predicted molar refractivity (Wildman–Crippen MR) is 89.1 cm³/mol. The largest absolute Gasteiger partial charge is 0.311 e.